The van der Waals surface area contributed by atoms with Gasteiger partial charge in [-0.1, -0.05) is 0 Å². The molecule has 1 aromatic heterocycles. The standard InChI is InChI=1S/C9H13ClN2O2/c10-4-3-7(13)9(14)8-6(11)2-1-5-12-8/h1-2,5,7,9,13-14H,3-4,11H2. The number of nitrogen functional groups attached to an aromatic ring is 1. The van der Waals surface area contributed by atoms with E-state index < -0.39 is 12.2 Å². The summed E-state index contributed by atoms with van der Waals surface area (Å²) in [4.78, 5) is 3.90. The van der Waals surface area contributed by atoms with Crippen LogP contribution in [-0.4, -0.2) is 27.2 Å². The van der Waals surface area contributed by atoms with E-state index in [0.29, 0.717) is 17.8 Å². The molecular weight excluding hydrogens is 204 g/mol. The Balaban J connectivity index is 2.78. The lowest BCUT2D eigenvalue weighted by Gasteiger charge is -2.17. The molecule has 2 unspecified atom stereocenters. The van der Waals surface area contributed by atoms with Crippen LogP contribution < -0.4 is 5.73 Å². The van der Waals surface area contributed by atoms with Crippen molar-refractivity contribution in [1.82, 2.24) is 4.98 Å². The van der Waals surface area contributed by atoms with Crippen molar-refractivity contribution in [3.63, 3.8) is 0 Å². The number of aliphatic hydroxyl groups is 2. The summed E-state index contributed by atoms with van der Waals surface area (Å²) < 4.78 is 0. The van der Waals surface area contributed by atoms with Crippen LogP contribution in [0.4, 0.5) is 5.69 Å². The van der Waals surface area contributed by atoms with Gasteiger partial charge >= 0.3 is 0 Å². The number of pyridine rings is 1. The molecule has 0 aliphatic carbocycles. The predicted octanol–water partition coefficient (Wildman–Crippen LogP) is 0.687. The maximum atomic E-state index is 9.65. The minimum absolute atomic E-state index is 0.283. The highest BCUT2D eigenvalue weighted by molar-refractivity contribution is 6.17. The van der Waals surface area contributed by atoms with Gasteiger partial charge in [0.25, 0.3) is 0 Å². The van der Waals surface area contributed by atoms with E-state index in [0.717, 1.165) is 0 Å². The molecule has 0 saturated heterocycles. The van der Waals surface area contributed by atoms with Gasteiger partial charge in [0.15, 0.2) is 0 Å². The Labute approximate surface area is 87.3 Å². The minimum Gasteiger partial charge on any atom is -0.397 e. The summed E-state index contributed by atoms with van der Waals surface area (Å²) in [5.41, 5.74) is 6.25. The number of aliphatic hydroxyl groups excluding tert-OH is 2. The molecule has 1 aromatic rings. The molecule has 0 saturated carbocycles. The quantitative estimate of drug-likeness (QED) is 0.647. The summed E-state index contributed by atoms with van der Waals surface area (Å²) in [6.07, 6.45) is -0.180. The fraction of sp³-hybridized carbons (Fsp3) is 0.444. The first-order valence-corrected chi connectivity index (χ1v) is 4.82. The first-order valence-electron chi connectivity index (χ1n) is 4.29. The highest BCUT2D eigenvalue weighted by atomic mass is 35.5. The molecule has 0 bridgehead atoms. The molecule has 0 spiro atoms. The third kappa shape index (κ3) is 2.57. The van der Waals surface area contributed by atoms with Crippen LogP contribution in [0.5, 0.6) is 0 Å². The van der Waals surface area contributed by atoms with Gasteiger partial charge in [-0.15, -0.1) is 11.6 Å². The van der Waals surface area contributed by atoms with Crippen molar-refractivity contribution < 1.29 is 10.2 Å². The number of nitrogens with zero attached hydrogens (tertiary/aromatic N) is 1. The van der Waals surface area contributed by atoms with E-state index in [9.17, 15) is 10.2 Å². The van der Waals surface area contributed by atoms with Crippen molar-refractivity contribution in [3.05, 3.63) is 24.0 Å². The normalized spacial score (nSPS) is 15.1. The van der Waals surface area contributed by atoms with Crippen LogP contribution in [0.25, 0.3) is 0 Å². The van der Waals surface area contributed by atoms with Crippen LogP contribution in [0, 0.1) is 0 Å². The van der Waals surface area contributed by atoms with E-state index in [1.54, 1.807) is 12.1 Å². The predicted molar refractivity (Wildman–Crippen MR) is 55.0 cm³/mol. The van der Waals surface area contributed by atoms with Gasteiger partial charge in [-0.05, 0) is 18.6 Å². The van der Waals surface area contributed by atoms with Gasteiger partial charge in [0, 0.05) is 12.1 Å². The van der Waals surface area contributed by atoms with Crippen LogP contribution in [0.15, 0.2) is 18.3 Å². The minimum atomic E-state index is -1.07. The fourth-order valence-corrected chi connectivity index (χ4v) is 1.35. The summed E-state index contributed by atoms with van der Waals surface area (Å²) in [5, 5.41) is 19.1. The first-order chi connectivity index (χ1) is 6.66. The lowest BCUT2D eigenvalue weighted by molar-refractivity contribution is 0.0149. The van der Waals surface area contributed by atoms with E-state index in [2.05, 4.69) is 4.98 Å². The largest absolute Gasteiger partial charge is 0.397 e. The van der Waals surface area contributed by atoms with Gasteiger partial charge in [0.1, 0.15) is 6.10 Å². The van der Waals surface area contributed by atoms with E-state index in [-0.39, 0.29) is 5.88 Å². The van der Waals surface area contributed by atoms with Gasteiger partial charge in [0.05, 0.1) is 17.5 Å². The summed E-state index contributed by atoms with van der Waals surface area (Å²) in [7, 11) is 0. The van der Waals surface area contributed by atoms with Crippen molar-refractivity contribution in [2.45, 2.75) is 18.6 Å². The van der Waals surface area contributed by atoms with Gasteiger partial charge in [0.2, 0.25) is 0 Å². The molecular formula is C9H13ClN2O2. The zero-order chi connectivity index (χ0) is 10.6. The zero-order valence-electron chi connectivity index (χ0n) is 7.60. The second-order valence-corrected chi connectivity index (χ2v) is 3.35. The molecule has 0 amide bonds. The Morgan fingerprint density at radius 3 is 2.79 bits per heavy atom. The number of nitrogens with two attached hydrogens (primary N) is 1. The third-order valence-corrected chi connectivity index (χ3v) is 2.14. The van der Waals surface area contributed by atoms with Crippen LogP contribution in [0.1, 0.15) is 18.2 Å². The topological polar surface area (TPSA) is 79.4 Å². The van der Waals surface area contributed by atoms with E-state index in [1.807, 2.05) is 0 Å². The molecule has 4 nitrogen and oxygen atoms in total. The van der Waals surface area contributed by atoms with Crippen molar-refractivity contribution in [2.24, 2.45) is 0 Å². The number of alkyl halides is 1. The molecule has 0 aliphatic heterocycles. The van der Waals surface area contributed by atoms with Crippen LogP contribution in [0.2, 0.25) is 0 Å². The second-order valence-electron chi connectivity index (χ2n) is 2.97. The molecule has 0 aliphatic rings. The zero-order valence-corrected chi connectivity index (χ0v) is 8.35. The Kier molecular flexibility index (Phi) is 4.13. The lowest BCUT2D eigenvalue weighted by Crippen LogP contribution is -2.20. The van der Waals surface area contributed by atoms with Gasteiger partial charge in [-0.2, -0.15) is 0 Å². The summed E-state index contributed by atoms with van der Waals surface area (Å²) in [5.74, 6) is 0.283. The molecule has 1 heterocycles. The fourth-order valence-electron chi connectivity index (χ4n) is 1.13. The van der Waals surface area contributed by atoms with E-state index in [1.165, 1.54) is 6.20 Å². The number of rotatable bonds is 4. The SMILES string of the molecule is Nc1cccnc1C(O)C(O)CCCl. The third-order valence-electron chi connectivity index (χ3n) is 1.92. The first kappa shape index (κ1) is 11.2. The molecule has 14 heavy (non-hydrogen) atoms. The van der Waals surface area contributed by atoms with Crippen LogP contribution in [0.3, 0.4) is 0 Å². The Morgan fingerprint density at radius 1 is 1.50 bits per heavy atom. The van der Waals surface area contributed by atoms with Gasteiger partial charge in [-0.3, -0.25) is 4.98 Å². The highest BCUT2D eigenvalue weighted by Crippen LogP contribution is 2.21. The lowest BCUT2D eigenvalue weighted by atomic mass is 10.1. The van der Waals surface area contributed by atoms with Crippen LogP contribution >= 0.6 is 11.6 Å². The molecule has 78 valence electrons. The van der Waals surface area contributed by atoms with Gasteiger partial charge in [-0.25, -0.2) is 0 Å². The maximum absolute atomic E-state index is 9.65. The van der Waals surface area contributed by atoms with E-state index in [4.69, 9.17) is 17.3 Å². The number of hydrogen-bond donors (Lipinski definition) is 3. The molecule has 4 N–H and O–H groups in total. The molecule has 0 aromatic carbocycles. The van der Waals surface area contributed by atoms with Crippen molar-refractivity contribution in [1.29, 1.82) is 0 Å². The van der Waals surface area contributed by atoms with Gasteiger partial charge < -0.3 is 15.9 Å². The maximum Gasteiger partial charge on any atom is 0.124 e. The second kappa shape index (κ2) is 5.14. The van der Waals surface area contributed by atoms with Crippen molar-refractivity contribution in [3.8, 4) is 0 Å². The van der Waals surface area contributed by atoms with Crippen molar-refractivity contribution >= 4 is 17.3 Å². The Bertz CT molecular complexity index is 296. The average Bonchev–Trinajstić information content (AvgIpc) is 2.18. The average molecular weight is 217 g/mol. The number of aromatic nitrogens is 1. The Hall–Kier alpha value is -0.840. The highest BCUT2D eigenvalue weighted by Gasteiger charge is 2.20. The molecule has 5 heteroatoms. The molecule has 2 atom stereocenters. The summed E-state index contributed by atoms with van der Waals surface area (Å²) in [6.45, 7) is 0. The monoisotopic (exact) mass is 216 g/mol. The molecule has 1 rings (SSSR count). The van der Waals surface area contributed by atoms with Crippen LogP contribution in [-0.2, 0) is 0 Å². The molecule has 0 radical (unpaired) electrons. The number of hydrogen-bond acceptors (Lipinski definition) is 4. The smallest absolute Gasteiger partial charge is 0.124 e. The van der Waals surface area contributed by atoms with E-state index >= 15 is 0 Å². The summed E-state index contributed by atoms with van der Waals surface area (Å²) in [6, 6.07) is 3.29. The Morgan fingerprint density at radius 2 is 2.21 bits per heavy atom. The number of anilines is 1. The number of halogens is 1. The molecule has 0 fully saturated rings. The summed E-state index contributed by atoms with van der Waals surface area (Å²) >= 11 is 5.44. The van der Waals surface area contributed by atoms with Crippen molar-refractivity contribution in [2.75, 3.05) is 11.6 Å².